The Morgan fingerprint density at radius 2 is 1.80 bits per heavy atom. The summed E-state index contributed by atoms with van der Waals surface area (Å²) in [6.07, 6.45) is 11.9. The van der Waals surface area contributed by atoms with Crippen LogP contribution in [0.25, 0.3) is 0 Å². The van der Waals surface area contributed by atoms with Crippen molar-refractivity contribution in [3.63, 3.8) is 0 Å². The predicted molar refractivity (Wildman–Crippen MR) is 90.2 cm³/mol. The summed E-state index contributed by atoms with van der Waals surface area (Å²) in [6.45, 7) is 9.65. The highest BCUT2D eigenvalue weighted by Gasteiger charge is 2.40. The van der Waals surface area contributed by atoms with Crippen LogP contribution in [0.3, 0.4) is 0 Å². The smallest absolute Gasteiger partial charge is 0.0356 e. The standard InChI is InChI=1S/C18H36N2/c1-6-15-19-17(12-11-16(2)3)18(20(4)5)13-9-7-8-10-14-18/h17,19H,2,6-15H2,1,3-5H3. The Morgan fingerprint density at radius 1 is 1.20 bits per heavy atom. The molecule has 1 N–H and O–H groups in total. The molecule has 0 heterocycles. The van der Waals surface area contributed by atoms with Crippen molar-refractivity contribution in [1.29, 1.82) is 0 Å². The highest BCUT2D eigenvalue weighted by Crippen LogP contribution is 2.36. The van der Waals surface area contributed by atoms with E-state index in [1.807, 2.05) is 0 Å². The summed E-state index contributed by atoms with van der Waals surface area (Å²) in [5.41, 5.74) is 1.66. The maximum atomic E-state index is 4.10. The third kappa shape index (κ3) is 4.89. The van der Waals surface area contributed by atoms with Crippen LogP contribution in [-0.4, -0.2) is 37.1 Å². The molecule has 1 unspecified atom stereocenters. The highest BCUT2D eigenvalue weighted by molar-refractivity contribution is 5.02. The molecule has 0 aromatic heterocycles. The molecule has 0 spiro atoms. The van der Waals surface area contributed by atoms with Crippen LogP contribution in [0.2, 0.25) is 0 Å². The van der Waals surface area contributed by atoms with Crippen LogP contribution >= 0.6 is 0 Å². The molecule has 118 valence electrons. The summed E-state index contributed by atoms with van der Waals surface area (Å²) in [5.74, 6) is 0. The Kier molecular flexibility index (Phi) is 7.83. The van der Waals surface area contributed by atoms with Crippen molar-refractivity contribution < 1.29 is 0 Å². The van der Waals surface area contributed by atoms with Gasteiger partial charge in [-0.1, -0.05) is 38.2 Å². The van der Waals surface area contributed by atoms with Gasteiger partial charge in [-0.05, 0) is 59.7 Å². The normalized spacial score (nSPS) is 20.6. The molecule has 1 aliphatic rings. The van der Waals surface area contributed by atoms with Crippen LogP contribution in [0, 0.1) is 0 Å². The van der Waals surface area contributed by atoms with Gasteiger partial charge >= 0.3 is 0 Å². The Labute approximate surface area is 127 Å². The third-order valence-corrected chi connectivity index (χ3v) is 5.01. The van der Waals surface area contributed by atoms with Crippen LogP contribution in [-0.2, 0) is 0 Å². The molecule has 2 heteroatoms. The number of rotatable bonds is 8. The molecule has 0 amide bonds. The van der Waals surface area contributed by atoms with Gasteiger partial charge in [0.2, 0.25) is 0 Å². The van der Waals surface area contributed by atoms with Crippen molar-refractivity contribution in [1.82, 2.24) is 10.2 Å². The first-order chi connectivity index (χ1) is 9.53. The van der Waals surface area contributed by atoms with Gasteiger partial charge in [-0.2, -0.15) is 0 Å². The first-order valence-corrected chi connectivity index (χ1v) is 8.58. The van der Waals surface area contributed by atoms with Crippen LogP contribution in [0.15, 0.2) is 12.2 Å². The van der Waals surface area contributed by atoms with Gasteiger partial charge in [-0.25, -0.2) is 0 Å². The Hall–Kier alpha value is -0.340. The maximum absolute atomic E-state index is 4.10. The molecule has 0 aromatic carbocycles. The van der Waals surface area contributed by atoms with Crippen molar-refractivity contribution in [2.75, 3.05) is 20.6 Å². The van der Waals surface area contributed by atoms with E-state index in [9.17, 15) is 0 Å². The topological polar surface area (TPSA) is 15.3 Å². The summed E-state index contributed by atoms with van der Waals surface area (Å²) >= 11 is 0. The Morgan fingerprint density at radius 3 is 2.25 bits per heavy atom. The summed E-state index contributed by atoms with van der Waals surface area (Å²) in [4.78, 5) is 2.52. The van der Waals surface area contributed by atoms with E-state index in [2.05, 4.69) is 44.7 Å². The first-order valence-electron chi connectivity index (χ1n) is 8.58. The molecule has 0 bridgehead atoms. The van der Waals surface area contributed by atoms with Crippen molar-refractivity contribution in [3.05, 3.63) is 12.2 Å². The van der Waals surface area contributed by atoms with E-state index in [-0.39, 0.29) is 0 Å². The molecular weight excluding hydrogens is 244 g/mol. The largest absolute Gasteiger partial charge is 0.312 e. The molecule has 0 aliphatic heterocycles. The van der Waals surface area contributed by atoms with Gasteiger partial charge < -0.3 is 10.2 Å². The van der Waals surface area contributed by atoms with Crippen LogP contribution in [0.5, 0.6) is 0 Å². The van der Waals surface area contributed by atoms with Crippen molar-refractivity contribution in [2.24, 2.45) is 0 Å². The fraction of sp³-hybridized carbons (Fsp3) is 0.889. The minimum absolute atomic E-state index is 0.348. The second-order valence-corrected chi connectivity index (χ2v) is 6.91. The van der Waals surface area contributed by atoms with Crippen molar-refractivity contribution in [2.45, 2.75) is 83.2 Å². The van der Waals surface area contributed by atoms with E-state index >= 15 is 0 Å². The number of allylic oxidation sites excluding steroid dienone is 1. The Bertz CT molecular complexity index is 275. The summed E-state index contributed by atoms with van der Waals surface area (Å²) in [7, 11) is 4.57. The highest BCUT2D eigenvalue weighted by atomic mass is 15.2. The SMILES string of the molecule is C=C(C)CCC(NCCC)C1(N(C)C)CCCCCC1. The van der Waals surface area contributed by atoms with E-state index in [4.69, 9.17) is 0 Å². The number of nitrogens with one attached hydrogen (secondary N) is 1. The number of likely N-dealkylation sites (N-methyl/N-ethyl adjacent to an activating group) is 1. The molecule has 0 radical (unpaired) electrons. The lowest BCUT2D eigenvalue weighted by atomic mass is 9.78. The fourth-order valence-electron chi connectivity index (χ4n) is 3.72. The molecule has 0 saturated heterocycles. The van der Waals surface area contributed by atoms with Gasteiger partial charge in [0.05, 0.1) is 0 Å². The molecule has 20 heavy (non-hydrogen) atoms. The van der Waals surface area contributed by atoms with E-state index in [1.54, 1.807) is 0 Å². The third-order valence-electron chi connectivity index (χ3n) is 5.01. The van der Waals surface area contributed by atoms with Crippen molar-refractivity contribution >= 4 is 0 Å². The zero-order valence-electron chi connectivity index (χ0n) is 14.3. The Balaban J connectivity index is 2.85. The van der Waals surface area contributed by atoms with Crippen molar-refractivity contribution in [3.8, 4) is 0 Å². The zero-order chi connectivity index (χ0) is 15.0. The lowest BCUT2D eigenvalue weighted by molar-refractivity contribution is 0.0763. The lowest BCUT2D eigenvalue weighted by Gasteiger charge is -2.46. The number of nitrogens with zero attached hydrogens (tertiary/aromatic N) is 1. The molecule has 1 saturated carbocycles. The monoisotopic (exact) mass is 280 g/mol. The predicted octanol–water partition coefficient (Wildman–Crippen LogP) is 4.37. The minimum atomic E-state index is 0.348. The molecule has 1 aliphatic carbocycles. The molecule has 1 fully saturated rings. The maximum Gasteiger partial charge on any atom is 0.0356 e. The van der Waals surface area contributed by atoms with Gasteiger partial charge in [-0.3, -0.25) is 0 Å². The fourth-order valence-corrected chi connectivity index (χ4v) is 3.72. The zero-order valence-corrected chi connectivity index (χ0v) is 14.3. The van der Waals surface area contributed by atoms with E-state index in [0.29, 0.717) is 11.6 Å². The molecule has 1 atom stereocenters. The molecular formula is C18H36N2. The van der Waals surface area contributed by atoms with E-state index in [0.717, 1.165) is 13.0 Å². The average molecular weight is 280 g/mol. The van der Waals surface area contributed by atoms with Crippen LogP contribution in [0.4, 0.5) is 0 Å². The minimum Gasteiger partial charge on any atom is -0.312 e. The first kappa shape index (κ1) is 17.7. The molecule has 2 nitrogen and oxygen atoms in total. The second-order valence-electron chi connectivity index (χ2n) is 6.91. The van der Waals surface area contributed by atoms with Gasteiger partial charge in [0.15, 0.2) is 0 Å². The van der Waals surface area contributed by atoms with E-state index < -0.39 is 0 Å². The second kappa shape index (κ2) is 8.84. The summed E-state index contributed by atoms with van der Waals surface area (Å²) in [5, 5.41) is 3.86. The number of hydrogen-bond donors (Lipinski definition) is 1. The molecule has 0 aromatic rings. The van der Waals surface area contributed by atoms with Gasteiger partial charge in [0, 0.05) is 11.6 Å². The van der Waals surface area contributed by atoms with Crippen LogP contribution < -0.4 is 5.32 Å². The van der Waals surface area contributed by atoms with Gasteiger partial charge in [-0.15, -0.1) is 6.58 Å². The number of hydrogen-bond acceptors (Lipinski definition) is 2. The van der Waals surface area contributed by atoms with E-state index in [1.165, 1.54) is 56.9 Å². The lowest BCUT2D eigenvalue weighted by Crippen LogP contribution is -2.59. The average Bonchev–Trinajstić information content (AvgIpc) is 2.65. The summed E-state index contributed by atoms with van der Waals surface area (Å²) in [6, 6.07) is 0.604. The summed E-state index contributed by atoms with van der Waals surface area (Å²) < 4.78 is 0. The van der Waals surface area contributed by atoms with Crippen LogP contribution in [0.1, 0.15) is 71.6 Å². The molecule has 1 rings (SSSR count). The quantitative estimate of drug-likeness (QED) is 0.525. The van der Waals surface area contributed by atoms with Gasteiger partial charge in [0.25, 0.3) is 0 Å². The van der Waals surface area contributed by atoms with Gasteiger partial charge in [0.1, 0.15) is 0 Å².